The molecule has 3 aromatic rings. The Morgan fingerprint density at radius 2 is 1.65 bits per heavy atom. The SMILES string of the molecule is CC[C@H](C)NC(=O)[C@@H](Cc1ccccc1)N(Cc1ccc(Br)cc1)C(=O)CN(c1ccc(C)c(Cl)c1)S(C)(=O)=O. The van der Waals surface area contributed by atoms with Gasteiger partial charge in [-0.3, -0.25) is 13.9 Å². The summed E-state index contributed by atoms with van der Waals surface area (Å²) >= 11 is 9.73. The summed E-state index contributed by atoms with van der Waals surface area (Å²) in [7, 11) is -3.86. The number of amides is 2. The quantitative estimate of drug-likeness (QED) is 0.272. The summed E-state index contributed by atoms with van der Waals surface area (Å²) in [6, 6.07) is 20.8. The molecule has 0 aliphatic heterocycles. The first kappa shape index (κ1) is 31.6. The number of carbonyl (C=O) groups is 2. The van der Waals surface area contributed by atoms with E-state index in [9.17, 15) is 18.0 Å². The van der Waals surface area contributed by atoms with Crippen LogP contribution in [0, 0.1) is 6.92 Å². The highest BCUT2D eigenvalue weighted by Gasteiger charge is 2.33. The van der Waals surface area contributed by atoms with Gasteiger partial charge >= 0.3 is 0 Å². The lowest BCUT2D eigenvalue weighted by Gasteiger charge is -2.34. The van der Waals surface area contributed by atoms with Crippen LogP contribution in [0.15, 0.2) is 77.3 Å². The molecule has 7 nitrogen and oxygen atoms in total. The van der Waals surface area contributed by atoms with Crippen molar-refractivity contribution in [3.63, 3.8) is 0 Å². The summed E-state index contributed by atoms with van der Waals surface area (Å²) in [5.74, 6) is -0.807. The summed E-state index contributed by atoms with van der Waals surface area (Å²) in [4.78, 5) is 29.2. The number of sulfonamides is 1. The van der Waals surface area contributed by atoms with E-state index in [1.807, 2.05) is 75.4 Å². The van der Waals surface area contributed by atoms with Crippen molar-refractivity contribution in [2.45, 2.75) is 52.2 Å². The summed E-state index contributed by atoms with van der Waals surface area (Å²) < 4.78 is 27.7. The third-order valence-electron chi connectivity index (χ3n) is 6.66. The van der Waals surface area contributed by atoms with Gasteiger partial charge in [0.25, 0.3) is 0 Å². The molecule has 0 spiro atoms. The van der Waals surface area contributed by atoms with Gasteiger partial charge in [-0.2, -0.15) is 0 Å². The van der Waals surface area contributed by atoms with Crippen molar-refractivity contribution >= 4 is 55.1 Å². The largest absolute Gasteiger partial charge is 0.352 e. The summed E-state index contributed by atoms with van der Waals surface area (Å²) in [5, 5.41) is 3.41. The molecule has 3 aromatic carbocycles. The Balaban J connectivity index is 2.06. The van der Waals surface area contributed by atoms with Gasteiger partial charge in [0.2, 0.25) is 21.8 Å². The van der Waals surface area contributed by atoms with Gasteiger partial charge in [-0.15, -0.1) is 0 Å². The molecule has 214 valence electrons. The average Bonchev–Trinajstić information content (AvgIpc) is 2.91. The van der Waals surface area contributed by atoms with E-state index in [0.717, 1.165) is 38.1 Å². The fourth-order valence-corrected chi connectivity index (χ4v) is 5.41. The lowest BCUT2D eigenvalue weighted by Crippen LogP contribution is -2.54. The number of anilines is 1. The predicted molar refractivity (Wildman–Crippen MR) is 165 cm³/mol. The van der Waals surface area contributed by atoms with Gasteiger partial charge < -0.3 is 10.2 Å². The van der Waals surface area contributed by atoms with Crippen LogP contribution in [0.5, 0.6) is 0 Å². The second-order valence-corrected chi connectivity index (χ2v) is 13.1. The van der Waals surface area contributed by atoms with Crippen LogP contribution in [0.25, 0.3) is 0 Å². The summed E-state index contributed by atoms with van der Waals surface area (Å²) in [6.07, 6.45) is 2.03. The van der Waals surface area contributed by atoms with E-state index in [2.05, 4.69) is 21.2 Å². The van der Waals surface area contributed by atoms with Gasteiger partial charge in [0.1, 0.15) is 12.6 Å². The van der Waals surface area contributed by atoms with Crippen LogP contribution in [-0.2, 0) is 32.6 Å². The number of carbonyl (C=O) groups excluding carboxylic acids is 2. The second kappa shape index (κ2) is 14.1. The minimum absolute atomic E-state index is 0.0994. The molecule has 0 bridgehead atoms. The van der Waals surface area contributed by atoms with Gasteiger partial charge in [0.15, 0.2) is 0 Å². The standard InChI is InChI=1S/C30H35BrClN3O4S/c1-5-22(3)33-30(37)28(17-23-9-7-6-8-10-23)34(19-24-12-14-25(31)15-13-24)29(36)20-35(40(4,38)39)26-16-11-21(2)27(32)18-26/h6-16,18,22,28H,5,17,19-20H2,1-4H3,(H,33,37)/t22-,28+/m0/s1. The molecule has 2 amide bonds. The number of hydrogen-bond donors (Lipinski definition) is 1. The van der Waals surface area contributed by atoms with E-state index >= 15 is 0 Å². The van der Waals surface area contributed by atoms with E-state index in [-0.39, 0.29) is 30.6 Å². The number of aryl methyl sites for hydroxylation is 1. The van der Waals surface area contributed by atoms with E-state index in [1.54, 1.807) is 12.1 Å². The number of nitrogens with one attached hydrogen (secondary N) is 1. The Morgan fingerprint density at radius 3 is 2.23 bits per heavy atom. The highest BCUT2D eigenvalue weighted by molar-refractivity contribution is 9.10. The van der Waals surface area contributed by atoms with Crippen LogP contribution < -0.4 is 9.62 Å². The number of nitrogens with zero attached hydrogens (tertiary/aromatic N) is 2. The van der Waals surface area contributed by atoms with Gasteiger partial charge in [-0.25, -0.2) is 8.42 Å². The molecule has 0 heterocycles. The van der Waals surface area contributed by atoms with Crippen LogP contribution in [0.2, 0.25) is 5.02 Å². The van der Waals surface area contributed by atoms with Gasteiger partial charge in [-0.05, 0) is 61.2 Å². The Kier molecular flexibility index (Phi) is 11.2. The monoisotopic (exact) mass is 647 g/mol. The first-order valence-corrected chi connectivity index (χ1v) is 16.0. The lowest BCUT2D eigenvalue weighted by atomic mass is 10.0. The minimum atomic E-state index is -3.86. The smallest absolute Gasteiger partial charge is 0.244 e. The van der Waals surface area contributed by atoms with E-state index < -0.39 is 28.5 Å². The molecule has 0 aliphatic rings. The van der Waals surface area contributed by atoms with E-state index in [1.165, 1.54) is 11.0 Å². The topological polar surface area (TPSA) is 86.8 Å². The van der Waals surface area contributed by atoms with Crippen LogP contribution in [0.1, 0.15) is 37.0 Å². The van der Waals surface area contributed by atoms with Crippen molar-refractivity contribution in [3.05, 3.63) is 99.0 Å². The normalized spacial score (nSPS) is 12.8. The molecule has 1 N–H and O–H groups in total. The van der Waals surface area contributed by atoms with E-state index in [0.29, 0.717) is 5.02 Å². The number of hydrogen-bond acceptors (Lipinski definition) is 4. The zero-order chi connectivity index (χ0) is 29.4. The van der Waals surface area contributed by atoms with Crippen LogP contribution in [0.3, 0.4) is 0 Å². The fraction of sp³-hybridized carbons (Fsp3) is 0.333. The first-order valence-electron chi connectivity index (χ1n) is 13.0. The molecular weight excluding hydrogens is 614 g/mol. The lowest BCUT2D eigenvalue weighted by molar-refractivity contribution is -0.140. The van der Waals surface area contributed by atoms with Crippen molar-refractivity contribution in [2.24, 2.45) is 0 Å². The molecule has 3 rings (SSSR count). The third-order valence-corrected chi connectivity index (χ3v) is 8.74. The van der Waals surface area contributed by atoms with Crippen molar-refractivity contribution in [1.82, 2.24) is 10.2 Å². The highest BCUT2D eigenvalue weighted by atomic mass is 79.9. The van der Waals surface area contributed by atoms with Crippen LogP contribution >= 0.6 is 27.5 Å². The van der Waals surface area contributed by atoms with E-state index in [4.69, 9.17) is 11.6 Å². The molecule has 0 saturated heterocycles. The Bertz CT molecular complexity index is 1420. The van der Waals surface area contributed by atoms with Crippen molar-refractivity contribution in [2.75, 3.05) is 17.1 Å². The molecular formula is C30H35BrClN3O4S. The van der Waals surface area contributed by atoms with Gasteiger partial charge in [-0.1, -0.05) is 83.0 Å². The third kappa shape index (κ3) is 8.81. The fourth-order valence-electron chi connectivity index (χ4n) is 4.13. The van der Waals surface area contributed by atoms with Crippen LogP contribution in [0.4, 0.5) is 5.69 Å². The zero-order valence-electron chi connectivity index (χ0n) is 23.1. The number of benzene rings is 3. The summed E-state index contributed by atoms with van der Waals surface area (Å²) in [5.41, 5.74) is 2.74. The molecule has 0 radical (unpaired) electrons. The molecule has 10 heteroatoms. The zero-order valence-corrected chi connectivity index (χ0v) is 26.3. The van der Waals surface area contributed by atoms with Crippen LogP contribution in [-0.4, -0.2) is 50.0 Å². The maximum Gasteiger partial charge on any atom is 0.244 e. The number of rotatable bonds is 12. The Labute approximate surface area is 250 Å². The predicted octanol–water partition coefficient (Wildman–Crippen LogP) is 5.73. The average molecular weight is 649 g/mol. The Morgan fingerprint density at radius 1 is 1.00 bits per heavy atom. The maximum atomic E-state index is 14.1. The van der Waals surface area contributed by atoms with Crippen molar-refractivity contribution in [1.29, 1.82) is 0 Å². The molecule has 0 aliphatic carbocycles. The maximum absolute atomic E-state index is 14.1. The first-order chi connectivity index (χ1) is 18.9. The molecule has 0 unspecified atom stereocenters. The van der Waals surface area contributed by atoms with Gasteiger partial charge in [0, 0.05) is 28.5 Å². The molecule has 0 saturated carbocycles. The summed E-state index contributed by atoms with van der Waals surface area (Å²) in [6.45, 7) is 5.32. The number of halogens is 2. The van der Waals surface area contributed by atoms with Gasteiger partial charge in [0.05, 0.1) is 11.9 Å². The minimum Gasteiger partial charge on any atom is -0.352 e. The highest BCUT2D eigenvalue weighted by Crippen LogP contribution is 2.26. The second-order valence-electron chi connectivity index (χ2n) is 9.87. The Hall–Kier alpha value is -2.88. The molecule has 2 atom stereocenters. The van der Waals surface area contributed by atoms with Crippen molar-refractivity contribution < 1.29 is 18.0 Å². The molecule has 0 aromatic heterocycles. The molecule has 40 heavy (non-hydrogen) atoms. The van der Waals surface area contributed by atoms with Crippen molar-refractivity contribution in [3.8, 4) is 0 Å². The molecule has 0 fully saturated rings.